The standard InChI is InChI=1S/C54H37N5/c1-54(2)45-20-10-6-16-39(45)43-32-44-42-19-9-11-21-47(42)58(50(44)33-46(43)54)38-30-28-37(29-31-38)52-55-51(36-26-24-35(25-27-36)34-14-4-3-5-15-34)56-53(57-52)59-48-22-12-7-17-40(48)41-18-8-13-23-49(41)59/h3-33H,1-2H3. The maximum Gasteiger partial charge on any atom is 0.238 e. The van der Waals surface area contributed by atoms with Gasteiger partial charge in [-0.25, -0.2) is 4.98 Å². The molecule has 278 valence electrons. The molecular formula is C54H37N5. The van der Waals surface area contributed by atoms with Crippen molar-refractivity contribution in [1.82, 2.24) is 24.1 Å². The molecule has 59 heavy (non-hydrogen) atoms. The summed E-state index contributed by atoms with van der Waals surface area (Å²) in [4.78, 5) is 15.6. The first-order valence-electron chi connectivity index (χ1n) is 20.2. The van der Waals surface area contributed by atoms with Crippen molar-refractivity contribution >= 4 is 43.6 Å². The molecule has 0 spiro atoms. The van der Waals surface area contributed by atoms with E-state index < -0.39 is 0 Å². The lowest BCUT2D eigenvalue weighted by molar-refractivity contribution is 0.661. The summed E-state index contributed by atoms with van der Waals surface area (Å²) in [6.45, 7) is 4.69. The molecule has 8 aromatic carbocycles. The summed E-state index contributed by atoms with van der Waals surface area (Å²) >= 11 is 0. The molecule has 0 N–H and O–H groups in total. The van der Waals surface area contributed by atoms with E-state index in [2.05, 4.69) is 205 Å². The Morgan fingerprint density at radius 2 is 0.847 bits per heavy atom. The van der Waals surface area contributed by atoms with E-state index in [0.717, 1.165) is 44.2 Å². The Balaban J connectivity index is 1.02. The van der Waals surface area contributed by atoms with E-state index in [1.165, 1.54) is 49.6 Å². The molecule has 0 atom stereocenters. The minimum atomic E-state index is -0.0996. The summed E-state index contributed by atoms with van der Waals surface area (Å²) < 4.78 is 4.58. The van der Waals surface area contributed by atoms with Crippen molar-refractivity contribution in [3.8, 4) is 56.7 Å². The number of nitrogens with zero attached hydrogens (tertiary/aromatic N) is 5. The van der Waals surface area contributed by atoms with Gasteiger partial charge < -0.3 is 4.57 Å². The molecule has 0 amide bonds. The highest BCUT2D eigenvalue weighted by molar-refractivity contribution is 6.12. The van der Waals surface area contributed by atoms with Gasteiger partial charge in [0.05, 0.1) is 22.1 Å². The van der Waals surface area contributed by atoms with Crippen LogP contribution in [0.1, 0.15) is 25.0 Å². The van der Waals surface area contributed by atoms with E-state index >= 15 is 0 Å². The number of benzene rings is 8. The monoisotopic (exact) mass is 755 g/mol. The van der Waals surface area contributed by atoms with Crippen molar-refractivity contribution in [1.29, 1.82) is 0 Å². The molecule has 0 saturated heterocycles. The van der Waals surface area contributed by atoms with Crippen LogP contribution in [0.3, 0.4) is 0 Å². The molecule has 0 bridgehead atoms. The second kappa shape index (κ2) is 12.7. The maximum atomic E-state index is 5.24. The fourth-order valence-electron chi connectivity index (χ4n) is 9.50. The lowest BCUT2D eigenvalue weighted by atomic mass is 9.82. The van der Waals surface area contributed by atoms with Crippen LogP contribution < -0.4 is 0 Å². The first kappa shape index (κ1) is 33.5. The van der Waals surface area contributed by atoms with Gasteiger partial charge in [0.15, 0.2) is 11.6 Å². The highest BCUT2D eigenvalue weighted by Crippen LogP contribution is 2.51. The molecule has 0 unspecified atom stereocenters. The summed E-state index contributed by atoms with van der Waals surface area (Å²) in [6, 6.07) is 67.0. The topological polar surface area (TPSA) is 48.5 Å². The third kappa shape index (κ3) is 5.08. The van der Waals surface area contributed by atoms with Crippen LogP contribution in [0.15, 0.2) is 188 Å². The fourth-order valence-corrected chi connectivity index (χ4v) is 9.50. The van der Waals surface area contributed by atoms with Gasteiger partial charge >= 0.3 is 0 Å². The summed E-state index contributed by atoms with van der Waals surface area (Å²) in [5.41, 5.74) is 15.0. The largest absolute Gasteiger partial charge is 0.309 e. The molecule has 12 rings (SSSR count). The Labute approximate surface area is 341 Å². The average molecular weight is 756 g/mol. The Hall–Kier alpha value is -7.63. The molecule has 5 heteroatoms. The van der Waals surface area contributed by atoms with Gasteiger partial charge in [-0.3, -0.25) is 4.57 Å². The number of para-hydroxylation sites is 3. The Morgan fingerprint density at radius 1 is 0.356 bits per heavy atom. The molecular weight excluding hydrogens is 719 g/mol. The van der Waals surface area contributed by atoms with Gasteiger partial charge in [0.25, 0.3) is 0 Å². The molecule has 0 saturated carbocycles. The molecule has 0 aliphatic heterocycles. The third-order valence-corrected chi connectivity index (χ3v) is 12.4. The van der Waals surface area contributed by atoms with Crippen LogP contribution in [0.25, 0.3) is 100 Å². The van der Waals surface area contributed by atoms with Crippen LogP contribution in [-0.4, -0.2) is 24.1 Å². The molecule has 0 fully saturated rings. The van der Waals surface area contributed by atoms with E-state index in [0.29, 0.717) is 17.6 Å². The fraction of sp³-hybridized carbons (Fsp3) is 0.0556. The van der Waals surface area contributed by atoms with Gasteiger partial charge in [0, 0.05) is 43.8 Å². The zero-order valence-electron chi connectivity index (χ0n) is 32.6. The molecule has 3 heterocycles. The predicted octanol–water partition coefficient (Wildman–Crippen LogP) is 13.4. The van der Waals surface area contributed by atoms with Crippen molar-refractivity contribution in [2.75, 3.05) is 0 Å². The zero-order chi connectivity index (χ0) is 39.2. The summed E-state index contributed by atoms with van der Waals surface area (Å²) in [7, 11) is 0. The second-order valence-electron chi connectivity index (χ2n) is 16.1. The van der Waals surface area contributed by atoms with E-state index in [9.17, 15) is 0 Å². The zero-order valence-corrected chi connectivity index (χ0v) is 32.6. The average Bonchev–Trinajstić information content (AvgIpc) is 3.89. The Kier molecular flexibility index (Phi) is 7.20. The summed E-state index contributed by atoms with van der Waals surface area (Å²) in [6.07, 6.45) is 0. The molecule has 11 aromatic rings. The van der Waals surface area contributed by atoms with E-state index in [1.807, 2.05) is 6.07 Å². The number of hydrogen-bond acceptors (Lipinski definition) is 3. The summed E-state index contributed by atoms with van der Waals surface area (Å²) in [5.74, 6) is 1.82. The lowest BCUT2D eigenvalue weighted by Gasteiger charge is -2.21. The molecule has 5 nitrogen and oxygen atoms in total. The number of hydrogen-bond donors (Lipinski definition) is 0. The second-order valence-corrected chi connectivity index (χ2v) is 16.1. The number of fused-ring (bicyclic) bond motifs is 9. The highest BCUT2D eigenvalue weighted by Gasteiger charge is 2.36. The minimum Gasteiger partial charge on any atom is -0.309 e. The van der Waals surface area contributed by atoms with Crippen LogP contribution in [0.5, 0.6) is 0 Å². The molecule has 0 radical (unpaired) electrons. The smallest absolute Gasteiger partial charge is 0.238 e. The first-order chi connectivity index (χ1) is 29.0. The van der Waals surface area contributed by atoms with Gasteiger partial charge in [-0.1, -0.05) is 147 Å². The normalized spacial score (nSPS) is 13.1. The Morgan fingerprint density at radius 3 is 1.49 bits per heavy atom. The quantitative estimate of drug-likeness (QED) is 0.176. The van der Waals surface area contributed by atoms with Crippen LogP contribution in [0.2, 0.25) is 0 Å². The first-order valence-corrected chi connectivity index (χ1v) is 20.2. The van der Waals surface area contributed by atoms with Crippen LogP contribution in [-0.2, 0) is 5.41 Å². The number of aromatic nitrogens is 5. The summed E-state index contributed by atoms with van der Waals surface area (Å²) in [5, 5.41) is 4.82. The Bertz CT molecular complexity index is 3390. The van der Waals surface area contributed by atoms with Gasteiger partial charge in [0.2, 0.25) is 5.95 Å². The molecule has 1 aliphatic carbocycles. The SMILES string of the molecule is CC1(C)c2ccccc2-c2cc3c4ccccc4n(-c4ccc(-c5nc(-c6ccc(-c7ccccc7)cc6)nc(-n6c7ccccc7c7ccccc76)n5)cc4)c3cc21. The van der Waals surface area contributed by atoms with Crippen molar-refractivity contribution in [3.05, 3.63) is 199 Å². The van der Waals surface area contributed by atoms with Crippen molar-refractivity contribution in [3.63, 3.8) is 0 Å². The number of rotatable bonds is 5. The van der Waals surface area contributed by atoms with Gasteiger partial charge in [-0.15, -0.1) is 0 Å². The van der Waals surface area contributed by atoms with Gasteiger partial charge in [0.1, 0.15) is 0 Å². The van der Waals surface area contributed by atoms with Crippen LogP contribution >= 0.6 is 0 Å². The van der Waals surface area contributed by atoms with Gasteiger partial charge in [-0.05, 0) is 88.0 Å². The molecule has 3 aromatic heterocycles. The van der Waals surface area contributed by atoms with Crippen molar-refractivity contribution < 1.29 is 0 Å². The van der Waals surface area contributed by atoms with E-state index in [4.69, 9.17) is 15.0 Å². The van der Waals surface area contributed by atoms with E-state index in [1.54, 1.807) is 0 Å². The lowest BCUT2D eigenvalue weighted by Crippen LogP contribution is -2.14. The third-order valence-electron chi connectivity index (χ3n) is 12.4. The van der Waals surface area contributed by atoms with E-state index in [-0.39, 0.29) is 5.41 Å². The van der Waals surface area contributed by atoms with Gasteiger partial charge in [-0.2, -0.15) is 9.97 Å². The molecule has 1 aliphatic rings. The highest BCUT2D eigenvalue weighted by atomic mass is 15.2. The predicted molar refractivity (Wildman–Crippen MR) is 242 cm³/mol. The van der Waals surface area contributed by atoms with Crippen molar-refractivity contribution in [2.45, 2.75) is 19.3 Å². The van der Waals surface area contributed by atoms with Crippen molar-refractivity contribution in [2.24, 2.45) is 0 Å². The van der Waals surface area contributed by atoms with Crippen LogP contribution in [0.4, 0.5) is 0 Å². The minimum absolute atomic E-state index is 0.0996. The maximum absolute atomic E-state index is 5.24. The van der Waals surface area contributed by atoms with Crippen LogP contribution in [0, 0.1) is 0 Å².